The first-order valence-corrected chi connectivity index (χ1v) is 8.35. The van der Waals surface area contributed by atoms with Crippen molar-refractivity contribution in [3.63, 3.8) is 0 Å². The molecule has 0 heterocycles. The third-order valence-corrected chi connectivity index (χ3v) is 3.26. The molecular weight excluding hydrogens is 359 g/mol. The Morgan fingerprint density at radius 3 is 2.23 bits per heavy atom. The zero-order chi connectivity index (χ0) is 16.8. The Labute approximate surface area is 136 Å². The Morgan fingerprint density at radius 1 is 1.09 bits per heavy atom. The molecule has 0 aliphatic carbocycles. The molecule has 0 spiro atoms. The van der Waals surface area contributed by atoms with E-state index in [1.807, 2.05) is 0 Å². The highest BCUT2D eigenvalue weighted by Crippen LogP contribution is 2.24. The summed E-state index contributed by atoms with van der Waals surface area (Å²) in [5.74, 6) is 0. The molecule has 0 radical (unpaired) electrons. The average molecular weight is 371 g/mol. The highest BCUT2D eigenvalue weighted by molar-refractivity contribution is 7.89. The second-order valence-electron chi connectivity index (χ2n) is 3.90. The predicted molar refractivity (Wildman–Crippen MR) is 80.8 cm³/mol. The molecule has 0 atom stereocenters. The van der Waals surface area contributed by atoms with E-state index in [0.717, 1.165) is 6.26 Å². The van der Waals surface area contributed by atoms with Crippen molar-refractivity contribution >= 4 is 51.1 Å². The number of carbonyl (C=O) groups excluding carboxylic acids is 2. The summed E-state index contributed by atoms with van der Waals surface area (Å²) in [5, 5.41) is 2.98. The summed E-state index contributed by atoms with van der Waals surface area (Å²) >= 11 is 11.5. The Hall–Kier alpha value is -1.71. The number of rotatable bonds is 5. The maximum Gasteiger partial charge on any atom is 0.420 e. The molecule has 0 saturated heterocycles. The van der Waals surface area contributed by atoms with E-state index in [1.54, 1.807) is 4.72 Å². The fraction of sp³-hybridized carbons (Fsp3) is 0.273. The molecule has 22 heavy (non-hydrogen) atoms. The molecule has 0 aliphatic heterocycles. The van der Waals surface area contributed by atoms with E-state index in [-0.39, 0.29) is 18.2 Å². The molecule has 1 rings (SSSR count). The van der Waals surface area contributed by atoms with E-state index in [1.165, 1.54) is 18.2 Å². The third-order valence-electron chi connectivity index (χ3n) is 1.98. The van der Waals surface area contributed by atoms with E-state index in [2.05, 4.69) is 10.1 Å². The van der Waals surface area contributed by atoms with Gasteiger partial charge in [0.1, 0.15) is 13.2 Å². The van der Waals surface area contributed by atoms with E-state index in [0.29, 0.717) is 10.7 Å². The zero-order valence-corrected chi connectivity index (χ0v) is 13.6. The minimum absolute atomic E-state index is 0.260. The van der Waals surface area contributed by atoms with Crippen LogP contribution >= 0.6 is 23.2 Å². The lowest BCUT2D eigenvalue weighted by Gasteiger charge is -2.08. The highest BCUT2D eigenvalue weighted by Gasteiger charge is 2.10. The first kappa shape index (κ1) is 18.3. The van der Waals surface area contributed by atoms with Crippen LogP contribution in [0.4, 0.5) is 15.3 Å². The summed E-state index contributed by atoms with van der Waals surface area (Å²) in [5.41, 5.74) is 0.370. The second kappa shape index (κ2) is 8.06. The van der Waals surface area contributed by atoms with Gasteiger partial charge in [-0.15, -0.1) is 0 Å². The third kappa shape index (κ3) is 7.34. The van der Waals surface area contributed by atoms with Crippen molar-refractivity contribution in [1.29, 1.82) is 0 Å². The lowest BCUT2D eigenvalue weighted by atomic mass is 10.3. The number of anilines is 1. The van der Waals surface area contributed by atoms with E-state index < -0.39 is 22.2 Å². The van der Waals surface area contributed by atoms with Crippen molar-refractivity contribution in [3.8, 4) is 0 Å². The van der Waals surface area contributed by atoms with Crippen molar-refractivity contribution in [1.82, 2.24) is 4.72 Å². The number of hydrogen-bond acceptors (Lipinski definition) is 6. The summed E-state index contributed by atoms with van der Waals surface area (Å²) in [6, 6.07) is 4.45. The minimum Gasteiger partial charge on any atom is -0.446 e. The van der Waals surface area contributed by atoms with Gasteiger partial charge in [-0.3, -0.25) is 5.32 Å². The van der Waals surface area contributed by atoms with E-state index >= 15 is 0 Å². The molecule has 0 bridgehead atoms. The number of sulfonamides is 1. The Morgan fingerprint density at radius 2 is 1.68 bits per heavy atom. The maximum absolute atomic E-state index is 11.4. The number of nitrogens with one attached hydrogen (secondary N) is 2. The molecule has 1 aromatic carbocycles. The molecular formula is C11H12Cl2N2O6S. The monoisotopic (exact) mass is 370 g/mol. The van der Waals surface area contributed by atoms with Crippen LogP contribution in [0.1, 0.15) is 0 Å². The fourth-order valence-corrected chi connectivity index (χ4v) is 1.84. The van der Waals surface area contributed by atoms with E-state index in [9.17, 15) is 18.0 Å². The topological polar surface area (TPSA) is 111 Å². The van der Waals surface area contributed by atoms with Gasteiger partial charge in [-0.2, -0.15) is 0 Å². The Balaban J connectivity index is 2.29. The van der Waals surface area contributed by atoms with Gasteiger partial charge in [0.05, 0.1) is 16.3 Å². The molecule has 0 saturated carbocycles. The minimum atomic E-state index is -3.69. The smallest absolute Gasteiger partial charge is 0.420 e. The predicted octanol–water partition coefficient (Wildman–Crippen LogP) is 2.23. The molecule has 122 valence electrons. The SMILES string of the molecule is CS(=O)(=O)NC(=O)OCCOC(=O)Nc1ccc(Cl)c(Cl)c1. The zero-order valence-electron chi connectivity index (χ0n) is 11.3. The molecule has 0 aliphatic rings. The summed E-state index contributed by atoms with van der Waals surface area (Å²) in [6.45, 7) is -0.569. The fourth-order valence-electron chi connectivity index (χ4n) is 1.18. The van der Waals surface area contributed by atoms with Crippen molar-refractivity contribution in [2.75, 3.05) is 24.8 Å². The Kier molecular flexibility index (Phi) is 6.72. The number of halogens is 2. The molecule has 2 amide bonds. The number of carbonyl (C=O) groups is 2. The van der Waals surface area contributed by atoms with Crippen molar-refractivity contribution in [2.45, 2.75) is 0 Å². The number of ether oxygens (including phenoxy) is 2. The van der Waals surface area contributed by atoms with Crippen LogP contribution in [0.5, 0.6) is 0 Å². The molecule has 1 aromatic rings. The van der Waals surface area contributed by atoms with Gasteiger partial charge in [0, 0.05) is 5.69 Å². The molecule has 0 unspecified atom stereocenters. The first-order valence-electron chi connectivity index (χ1n) is 5.71. The average Bonchev–Trinajstić information content (AvgIpc) is 2.37. The van der Waals surface area contributed by atoms with Gasteiger partial charge in [0.2, 0.25) is 10.0 Å². The van der Waals surface area contributed by atoms with Crippen LogP contribution in [0.3, 0.4) is 0 Å². The lowest BCUT2D eigenvalue weighted by molar-refractivity contribution is 0.105. The quantitative estimate of drug-likeness (QED) is 0.768. The molecule has 11 heteroatoms. The van der Waals surface area contributed by atoms with Crippen molar-refractivity contribution in [2.24, 2.45) is 0 Å². The lowest BCUT2D eigenvalue weighted by Crippen LogP contribution is -2.31. The van der Waals surface area contributed by atoms with Crippen LogP contribution in [0, 0.1) is 0 Å². The van der Waals surface area contributed by atoms with Gasteiger partial charge in [0.15, 0.2) is 0 Å². The summed E-state index contributed by atoms with van der Waals surface area (Å²) in [7, 11) is -3.69. The molecule has 0 fully saturated rings. The first-order chi connectivity index (χ1) is 10.2. The number of hydrogen-bond donors (Lipinski definition) is 2. The van der Waals surface area contributed by atoms with Crippen LogP contribution in [0.25, 0.3) is 0 Å². The second-order valence-corrected chi connectivity index (χ2v) is 6.46. The Bertz CT molecular complexity index is 665. The van der Waals surface area contributed by atoms with Gasteiger partial charge >= 0.3 is 12.2 Å². The molecule has 0 aromatic heterocycles. The largest absolute Gasteiger partial charge is 0.446 e. The standard InChI is InChI=1S/C11H12Cl2N2O6S/c1-22(18,19)15-11(17)21-5-4-20-10(16)14-7-2-3-8(12)9(13)6-7/h2-3,6H,4-5H2,1H3,(H,14,16)(H,15,17). The van der Waals surface area contributed by atoms with Crippen LogP contribution < -0.4 is 10.0 Å². The van der Waals surface area contributed by atoms with Gasteiger partial charge in [-0.1, -0.05) is 23.2 Å². The summed E-state index contributed by atoms with van der Waals surface area (Å²) in [6.07, 6.45) is -1.16. The van der Waals surface area contributed by atoms with Crippen LogP contribution in [-0.2, 0) is 19.5 Å². The van der Waals surface area contributed by atoms with Crippen molar-refractivity contribution in [3.05, 3.63) is 28.2 Å². The van der Waals surface area contributed by atoms with Gasteiger partial charge < -0.3 is 9.47 Å². The normalized spacial score (nSPS) is 10.7. The molecule has 2 N–H and O–H groups in total. The van der Waals surface area contributed by atoms with Gasteiger partial charge in [-0.25, -0.2) is 22.7 Å². The summed E-state index contributed by atoms with van der Waals surface area (Å²) < 4.78 is 32.2. The van der Waals surface area contributed by atoms with Crippen LogP contribution in [0.2, 0.25) is 10.0 Å². The number of benzene rings is 1. The van der Waals surface area contributed by atoms with Crippen LogP contribution in [-0.4, -0.2) is 40.1 Å². The van der Waals surface area contributed by atoms with Crippen molar-refractivity contribution < 1.29 is 27.5 Å². The van der Waals surface area contributed by atoms with Crippen LogP contribution in [0.15, 0.2) is 18.2 Å². The van der Waals surface area contributed by atoms with Gasteiger partial charge in [-0.05, 0) is 18.2 Å². The van der Waals surface area contributed by atoms with Gasteiger partial charge in [0.25, 0.3) is 0 Å². The van der Waals surface area contributed by atoms with E-state index in [4.69, 9.17) is 27.9 Å². The number of amides is 2. The molecule has 8 nitrogen and oxygen atoms in total. The summed E-state index contributed by atoms with van der Waals surface area (Å²) in [4.78, 5) is 22.4. The highest BCUT2D eigenvalue weighted by atomic mass is 35.5. The maximum atomic E-state index is 11.4.